The summed E-state index contributed by atoms with van der Waals surface area (Å²) < 4.78 is 25.2. The molecule has 0 aromatic rings. The van der Waals surface area contributed by atoms with Crippen LogP contribution in [-0.4, -0.2) is 31.8 Å². The lowest BCUT2D eigenvalue weighted by Gasteiger charge is -2.28. The first-order chi connectivity index (χ1) is 7.92. The third-order valence-corrected chi connectivity index (χ3v) is 4.87. The maximum absolute atomic E-state index is 11.4. The van der Waals surface area contributed by atoms with Gasteiger partial charge in [-0.25, -0.2) is 13.1 Å². The summed E-state index contributed by atoms with van der Waals surface area (Å²) >= 11 is 0. The van der Waals surface area contributed by atoms with E-state index in [0.29, 0.717) is 12.8 Å². The smallest absolute Gasteiger partial charge is 0.310 e. The van der Waals surface area contributed by atoms with Crippen molar-refractivity contribution < 1.29 is 18.3 Å². The van der Waals surface area contributed by atoms with E-state index in [1.807, 2.05) is 0 Å². The SMILES string of the molecule is CCS(=O)(=O)NCC1(C(=O)O)CCCCCC1. The molecule has 0 radical (unpaired) electrons. The zero-order chi connectivity index (χ0) is 12.9. The molecule has 0 bridgehead atoms. The van der Waals surface area contributed by atoms with Gasteiger partial charge in [0.1, 0.15) is 0 Å². The fraction of sp³-hybridized carbons (Fsp3) is 0.909. The summed E-state index contributed by atoms with van der Waals surface area (Å²) in [6, 6.07) is 0. The molecule has 0 amide bonds. The second-order valence-corrected chi connectivity index (χ2v) is 6.82. The highest BCUT2D eigenvalue weighted by atomic mass is 32.2. The van der Waals surface area contributed by atoms with Gasteiger partial charge in [0.05, 0.1) is 11.2 Å². The number of nitrogens with one attached hydrogen (secondary N) is 1. The van der Waals surface area contributed by atoms with Crippen molar-refractivity contribution in [3.05, 3.63) is 0 Å². The number of carboxylic acid groups (broad SMARTS) is 1. The topological polar surface area (TPSA) is 83.5 Å². The molecule has 2 N–H and O–H groups in total. The van der Waals surface area contributed by atoms with Gasteiger partial charge >= 0.3 is 5.97 Å². The summed E-state index contributed by atoms with van der Waals surface area (Å²) in [5.74, 6) is -0.888. The fourth-order valence-electron chi connectivity index (χ4n) is 2.22. The van der Waals surface area contributed by atoms with Gasteiger partial charge in [0.2, 0.25) is 10.0 Å². The molecule has 17 heavy (non-hydrogen) atoms. The van der Waals surface area contributed by atoms with Gasteiger partial charge in [-0.05, 0) is 19.8 Å². The number of rotatable bonds is 5. The van der Waals surface area contributed by atoms with Gasteiger partial charge in [-0.2, -0.15) is 0 Å². The minimum absolute atomic E-state index is 0.0112. The average Bonchev–Trinajstić information content (AvgIpc) is 2.53. The third kappa shape index (κ3) is 3.96. The number of carbonyl (C=O) groups is 1. The minimum Gasteiger partial charge on any atom is -0.481 e. The van der Waals surface area contributed by atoms with E-state index >= 15 is 0 Å². The molecule has 100 valence electrons. The van der Waals surface area contributed by atoms with Crippen molar-refractivity contribution in [3.63, 3.8) is 0 Å². The van der Waals surface area contributed by atoms with Gasteiger partial charge in [-0.1, -0.05) is 25.7 Å². The first-order valence-corrected chi connectivity index (χ1v) is 7.78. The molecule has 0 aromatic heterocycles. The summed E-state index contributed by atoms with van der Waals surface area (Å²) in [7, 11) is -3.32. The fourth-order valence-corrected chi connectivity index (χ4v) is 2.92. The van der Waals surface area contributed by atoms with Crippen LogP contribution in [0.2, 0.25) is 0 Å². The Balaban J connectivity index is 2.74. The van der Waals surface area contributed by atoms with E-state index in [4.69, 9.17) is 0 Å². The van der Waals surface area contributed by atoms with E-state index in [1.54, 1.807) is 6.92 Å². The van der Waals surface area contributed by atoms with Crippen LogP contribution in [0.5, 0.6) is 0 Å². The second kappa shape index (κ2) is 5.82. The van der Waals surface area contributed by atoms with Crippen LogP contribution >= 0.6 is 0 Å². The van der Waals surface area contributed by atoms with Crippen molar-refractivity contribution in [1.82, 2.24) is 4.72 Å². The molecule has 0 aliphatic heterocycles. The number of sulfonamides is 1. The van der Waals surface area contributed by atoms with Crippen LogP contribution in [-0.2, 0) is 14.8 Å². The standard InChI is InChI=1S/C11H21NO4S/c1-2-17(15,16)12-9-11(10(13)14)7-5-3-4-6-8-11/h12H,2-9H2,1H3,(H,13,14). The highest BCUT2D eigenvalue weighted by molar-refractivity contribution is 7.89. The summed E-state index contributed by atoms with van der Waals surface area (Å²) in [5, 5.41) is 9.35. The van der Waals surface area contributed by atoms with Crippen LogP contribution in [0.1, 0.15) is 45.4 Å². The number of aliphatic carboxylic acids is 1. The Hall–Kier alpha value is -0.620. The Labute approximate surface area is 103 Å². The Bertz CT molecular complexity index is 356. The van der Waals surface area contributed by atoms with E-state index in [2.05, 4.69) is 4.72 Å². The van der Waals surface area contributed by atoms with Crippen LogP contribution < -0.4 is 4.72 Å². The molecule has 6 heteroatoms. The van der Waals surface area contributed by atoms with Gasteiger partial charge in [0.15, 0.2) is 0 Å². The van der Waals surface area contributed by atoms with E-state index in [0.717, 1.165) is 25.7 Å². The molecule has 0 heterocycles. The molecule has 1 fully saturated rings. The lowest BCUT2D eigenvalue weighted by atomic mass is 9.80. The van der Waals surface area contributed by atoms with Gasteiger partial charge in [-0.15, -0.1) is 0 Å². The average molecular weight is 263 g/mol. The van der Waals surface area contributed by atoms with Crippen LogP contribution in [0.4, 0.5) is 0 Å². The number of hydrogen-bond donors (Lipinski definition) is 2. The van der Waals surface area contributed by atoms with E-state index < -0.39 is 21.4 Å². The molecular weight excluding hydrogens is 242 g/mol. The lowest BCUT2D eigenvalue weighted by molar-refractivity contribution is -0.149. The Morgan fingerprint density at radius 1 is 1.24 bits per heavy atom. The molecule has 1 rings (SSSR count). The van der Waals surface area contributed by atoms with Crippen molar-refractivity contribution in [1.29, 1.82) is 0 Å². The second-order valence-electron chi connectivity index (χ2n) is 4.72. The van der Waals surface area contributed by atoms with Gasteiger partial charge in [0.25, 0.3) is 0 Å². The summed E-state index contributed by atoms with van der Waals surface area (Å²) in [6.07, 6.45) is 4.93. The monoisotopic (exact) mass is 263 g/mol. The van der Waals surface area contributed by atoms with E-state index in [1.165, 1.54) is 0 Å². The normalized spacial score (nSPS) is 20.8. The molecule has 1 aliphatic carbocycles. The lowest BCUT2D eigenvalue weighted by Crippen LogP contribution is -2.43. The third-order valence-electron chi connectivity index (χ3n) is 3.52. The zero-order valence-corrected chi connectivity index (χ0v) is 11.1. The maximum Gasteiger partial charge on any atom is 0.310 e. The van der Waals surface area contributed by atoms with Gasteiger partial charge in [0, 0.05) is 6.54 Å². The predicted octanol–water partition coefficient (Wildman–Crippen LogP) is 1.35. The minimum atomic E-state index is -3.32. The molecule has 0 spiro atoms. The Morgan fingerprint density at radius 2 is 1.76 bits per heavy atom. The van der Waals surface area contributed by atoms with Crippen molar-refractivity contribution in [3.8, 4) is 0 Å². The van der Waals surface area contributed by atoms with Gasteiger partial charge in [-0.3, -0.25) is 4.79 Å². The summed E-state index contributed by atoms with van der Waals surface area (Å²) in [4.78, 5) is 11.4. The molecule has 5 nitrogen and oxygen atoms in total. The highest BCUT2D eigenvalue weighted by Crippen LogP contribution is 2.34. The van der Waals surface area contributed by atoms with Crippen molar-refractivity contribution in [2.45, 2.75) is 45.4 Å². The van der Waals surface area contributed by atoms with E-state index in [9.17, 15) is 18.3 Å². The van der Waals surface area contributed by atoms with Crippen molar-refractivity contribution in [2.75, 3.05) is 12.3 Å². The molecule has 1 aliphatic rings. The number of carboxylic acids is 1. The molecule has 0 unspecified atom stereocenters. The van der Waals surface area contributed by atoms with Gasteiger partial charge < -0.3 is 5.11 Å². The van der Waals surface area contributed by atoms with Crippen LogP contribution in [0.3, 0.4) is 0 Å². The van der Waals surface area contributed by atoms with Crippen LogP contribution in [0.15, 0.2) is 0 Å². The van der Waals surface area contributed by atoms with Crippen molar-refractivity contribution in [2.24, 2.45) is 5.41 Å². The molecule has 1 saturated carbocycles. The number of hydrogen-bond acceptors (Lipinski definition) is 3. The first-order valence-electron chi connectivity index (χ1n) is 6.13. The van der Waals surface area contributed by atoms with Crippen LogP contribution in [0, 0.1) is 5.41 Å². The quantitative estimate of drug-likeness (QED) is 0.733. The molecule has 0 saturated heterocycles. The molecule has 0 aromatic carbocycles. The van der Waals surface area contributed by atoms with E-state index in [-0.39, 0.29) is 12.3 Å². The van der Waals surface area contributed by atoms with Crippen LogP contribution in [0.25, 0.3) is 0 Å². The Morgan fingerprint density at radius 3 is 2.18 bits per heavy atom. The highest BCUT2D eigenvalue weighted by Gasteiger charge is 2.39. The maximum atomic E-state index is 11.4. The summed E-state index contributed by atoms with van der Waals surface area (Å²) in [6.45, 7) is 1.57. The summed E-state index contributed by atoms with van der Waals surface area (Å²) in [5.41, 5.74) is -0.904. The predicted molar refractivity (Wildman–Crippen MR) is 65.2 cm³/mol. The zero-order valence-electron chi connectivity index (χ0n) is 10.2. The van der Waals surface area contributed by atoms with Crippen molar-refractivity contribution >= 4 is 16.0 Å². The Kier molecular flexibility index (Phi) is 4.94. The largest absolute Gasteiger partial charge is 0.481 e. The molecular formula is C11H21NO4S. The molecule has 0 atom stereocenters. The first kappa shape index (κ1) is 14.4.